The predicted molar refractivity (Wildman–Crippen MR) is 118 cm³/mol. The molecular formula is C24H27N3O3. The standard InChI is InChI=1S/C24H27N3O3/c1-18-3-9-21(10-4-18)30-17-23-22(11-16-29-23)24(28)25-19-5-7-20(8-6-19)27-14-12-26(2)13-15-27/h3-11,16H,12-15,17H2,1-2H3,(H,25,28). The van der Waals surface area contributed by atoms with Crippen LogP contribution in [0, 0.1) is 6.92 Å². The quantitative estimate of drug-likeness (QED) is 0.667. The molecular weight excluding hydrogens is 378 g/mol. The van der Waals surface area contributed by atoms with Crippen molar-refractivity contribution >= 4 is 17.3 Å². The summed E-state index contributed by atoms with van der Waals surface area (Å²) >= 11 is 0. The topological polar surface area (TPSA) is 58.0 Å². The lowest BCUT2D eigenvalue weighted by molar-refractivity contribution is 0.102. The molecule has 6 nitrogen and oxygen atoms in total. The molecule has 2 aromatic carbocycles. The van der Waals surface area contributed by atoms with Gasteiger partial charge in [0, 0.05) is 37.6 Å². The van der Waals surface area contributed by atoms with E-state index in [4.69, 9.17) is 9.15 Å². The first-order valence-electron chi connectivity index (χ1n) is 10.2. The maximum atomic E-state index is 12.7. The summed E-state index contributed by atoms with van der Waals surface area (Å²) in [4.78, 5) is 17.4. The zero-order chi connectivity index (χ0) is 20.9. The summed E-state index contributed by atoms with van der Waals surface area (Å²) in [6, 6.07) is 17.4. The molecule has 1 aliphatic rings. The van der Waals surface area contributed by atoms with Crippen molar-refractivity contribution in [3.05, 3.63) is 77.7 Å². The van der Waals surface area contributed by atoms with E-state index in [9.17, 15) is 4.79 Å². The minimum absolute atomic E-state index is 0.196. The van der Waals surface area contributed by atoms with E-state index in [0.29, 0.717) is 11.3 Å². The molecule has 1 fully saturated rings. The second-order valence-electron chi connectivity index (χ2n) is 7.65. The van der Waals surface area contributed by atoms with Crippen LogP contribution < -0.4 is 15.0 Å². The Labute approximate surface area is 177 Å². The van der Waals surface area contributed by atoms with Gasteiger partial charge in [-0.15, -0.1) is 0 Å². The van der Waals surface area contributed by atoms with Gasteiger partial charge in [0.25, 0.3) is 5.91 Å². The van der Waals surface area contributed by atoms with Gasteiger partial charge in [-0.1, -0.05) is 17.7 Å². The van der Waals surface area contributed by atoms with E-state index in [1.807, 2.05) is 43.3 Å². The summed E-state index contributed by atoms with van der Waals surface area (Å²) in [6.45, 7) is 6.37. The molecule has 30 heavy (non-hydrogen) atoms. The number of hydrogen-bond donors (Lipinski definition) is 1. The lowest BCUT2D eigenvalue weighted by Gasteiger charge is -2.34. The van der Waals surface area contributed by atoms with Crippen molar-refractivity contribution in [1.29, 1.82) is 0 Å². The van der Waals surface area contributed by atoms with Crippen molar-refractivity contribution < 1.29 is 13.9 Å². The van der Waals surface area contributed by atoms with E-state index in [1.165, 1.54) is 17.5 Å². The average molecular weight is 405 g/mol. The molecule has 1 amide bonds. The van der Waals surface area contributed by atoms with Gasteiger partial charge in [0.1, 0.15) is 12.4 Å². The number of anilines is 2. The highest BCUT2D eigenvalue weighted by Gasteiger charge is 2.17. The van der Waals surface area contributed by atoms with Crippen molar-refractivity contribution in [3.63, 3.8) is 0 Å². The molecule has 0 radical (unpaired) electrons. The Bertz CT molecular complexity index is 972. The van der Waals surface area contributed by atoms with Gasteiger partial charge in [-0.3, -0.25) is 4.79 Å². The monoisotopic (exact) mass is 405 g/mol. The number of benzene rings is 2. The van der Waals surface area contributed by atoms with E-state index in [1.54, 1.807) is 6.07 Å². The number of carbonyl (C=O) groups is 1. The number of hydrogen-bond acceptors (Lipinski definition) is 5. The largest absolute Gasteiger partial charge is 0.486 e. The molecule has 1 aromatic heterocycles. The van der Waals surface area contributed by atoms with Crippen LogP contribution in [-0.2, 0) is 6.61 Å². The van der Waals surface area contributed by atoms with E-state index < -0.39 is 0 Å². The molecule has 1 aliphatic heterocycles. The Morgan fingerprint density at radius 2 is 1.70 bits per heavy atom. The number of likely N-dealkylation sites (N-methyl/N-ethyl adjacent to an activating group) is 1. The molecule has 3 aromatic rings. The molecule has 0 spiro atoms. The molecule has 0 aliphatic carbocycles. The Morgan fingerprint density at radius 1 is 1.00 bits per heavy atom. The molecule has 2 heterocycles. The third-order valence-corrected chi connectivity index (χ3v) is 5.37. The van der Waals surface area contributed by atoms with Crippen molar-refractivity contribution in [2.45, 2.75) is 13.5 Å². The Kier molecular flexibility index (Phi) is 6.05. The first-order valence-corrected chi connectivity index (χ1v) is 10.2. The zero-order valence-corrected chi connectivity index (χ0v) is 17.4. The van der Waals surface area contributed by atoms with Crippen LogP contribution in [0.4, 0.5) is 11.4 Å². The summed E-state index contributed by atoms with van der Waals surface area (Å²) in [6.07, 6.45) is 1.51. The number of piperazine rings is 1. The Morgan fingerprint density at radius 3 is 2.40 bits per heavy atom. The zero-order valence-electron chi connectivity index (χ0n) is 17.4. The van der Waals surface area contributed by atoms with Gasteiger partial charge in [-0.05, 0) is 56.4 Å². The van der Waals surface area contributed by atoms with Crippen LogP contribution >= 0.6 is 0 Å². The molecule has 156 valence electrons. The number of rotatable bonds is 6. The predicted octanol–water partition coefficient (Wildman–Crippen LogP) is 4.17. The fourth-order valence-corrected chi connectivity index (χ4v) is 3.46. The number of amides is 1. The second kappa shape index (κ2) is 9.05. The summed E-state index contributed by atoms with van der Waals surface area (Å²) in [5.74, 6) is 1.03. The Hall–Kier alpha value is -3.25. The van der Waals surface area contributed by atoms with Crippen molar-refractivity contribution in [1.82, 2.24) is 4.90 Å². The summed E-state index contributed by atoms with van der Waals surface area (Å²) in [5.41, 5.74) is 3.57. The van der Waals surface area contributed by atoms with Gasteiger partial charge in [0.15, 0.2) is 5.76 Å². The van der Waals surface area contributed by atoms with E-state index in [-0.39, 0.29) is 12.5 Å². The average Bonchev–Trinajstić information content (AvgIpc) is 3.23. The van der Waals surface area contributed by atoms with Gasteiger partial charge in [0.05, 0.1) is 11.8 Å². The van der Waals surface area contributed by atoms with Gasteiger partial charge in [0.2, 0.25) is 0 Å². The molecule has 0 unspecified atom stereocenters. The van der Waals surface area contributed by atoms with Crippen molar-refractivity contribution in [3.8, 4) is 5.75 Å². The third kappa shape index (κ3) is 4.83. The number of furan rings is 1. The highest BCUT2D eigenvalue weighted by Crippen LogP contribution is 2.21. The highest BCUT2D eigenvalue weighted by molar-refractivity contribution is 6.05. The van der Waals surface area contributed by atoms with Gasteiger partial charge in [-0.25, -0.2) is 0 Å². The summed E-state index contributed by atoms with van der Waals surface area (Å²) in [5, 5.41) is 2.95. The second-order valence-corrected chi connectivity index (χ2v) is 7.65. The van der Waals surface area contributed by atoms with Gasteiger partial charge >= 0.3 is 0 Å². The number of carbonyl (C=O) groups excluding carboxylic acids is 1. The van der Waals surface area contributed by atoms with Crippen LogP contribution in [0.3, 0.4) is 0 Å². The van der Waals surface area contributed by atoms with Crippen LogP contribution in [0.2, 0.25) is 0 Å². The van der Waals surface area contributed by atoms with Crippen LogP contribution in [-0.4, -0.2) is 44.0 Å². The summed E-state index contributed by atoms with van der Waals surface area (Å²) in [7, 11) is 2.14. The number of nitrogens with one attached hydrogen (secondary N) is 1. The fourth-order valence-electron chi connectivity index (χ4n) is 3.46. The number of aryl methyl sites for hydroxylation is 1. The molecule has 1 saturated heterocycles. The van der Waals surface area contributed by atoms with Crippen molar-refractivity contribution in [2.75, 3.05) is 43.4 Å². The SMILES string of the molecule is Cc1ccc(OCc2occc2C(=O)Nc2ccc(N3CCN(C)CC3)cc2)cc1. The van der Waals surface area contributed by atoms with Crippen molar-refractivity contribution in [2.24, 2.45) is 0 Å². The maximum absolute atomic E-state index is 12.7. The van der Waals surface area contributed by atoms with Crippen LogP contribution in [0.1, 0.15) is 21.7 Å². The smallest absolute Gasteiger partial charge is 0.259 e. The minimum Gasteiger partial charge on any atom is -0.486 e. The number of ether oxygens (including phenoxy) is 1. The lowest BCUT2D eigenvalue weighted by Crippen LogP contribution is -2.44. The lowest BCUT2D eigenvalue weighted by atomic mass is 10.2. The third-order valence-electron chi connectivity index (χ3n) is 5.37. The first-order chi connectivity index (χ1) is 14.6. The molecule has 6 heteroatoms. The number of nitrogens with zero attached hydrogens (tertiary/aromatic N) is 2. The maximum Gasteiger partial charge on any atom is 0.259 e. The molecule has 0 bridgehead atoms. The van der Waals surface area contributed by atoms with Crippen LogP contribution in [0.25, 0.3) is 0 Å². The van der Waals surface area contributed by atoms with Gasteiger partial charge in [-0.2, -0.15) is 0 Å². The fraction of sp³-hybridized carbons (Fsp3) is 0.292. The van der Waals surface area contributed by atoms with Crippen LogP contribution in [0.15, 0.2) is 65.3 Å². The molecule has 4 rings (SSSR count). The van der Waals surface area contributed by atoms with E-state index in [2.05, 4.69) is 34.3 Å². The van der Waals surface area contributed by atoms with E-state index >= 15 is 0 Å². The molecule has 0 saturated carbocycles. The Balaban J connectivity index is 1.36. The van der Waals surface area contributed by atoms with E-state index in [0.717, 1.165) is 37.6 Å². The molecule has 1 N–H and O–H groups in total. The van der Waals surface area contributed by atoms with Gasteiger partial charge < -0.3 is 24.3 Å². The minimum atomic E-state index is -0.210. The van der Waals surface area contributed by atoms with Crippen LogP contribution in [0.5, 0.6) is 5.75 Å². The molecule has 0 atom stereocenters. The highest BCUT2D eigenvalue weighted by atomic mass is 16.5. The normalized spacial score (nSPS) is 14.5. The summed E-state index contributed by atoms with van der Waals surface area (Å²) < 4.78 is 11.2. The first kappa shape index (κ1) is 20.0.